The fraction of sp³-hybridized carbons (Fsp3) is 0.182. The number of amides is 1. The first kappa shape index (κ1) is 19.4. The Hall–Kier alpha value is -3.94. The van der Waals surface area contributed by atoms with Gasteiger partial charge in [0.2, 0.25) is 5.95 Å². The summed E-state index contributed by atoms with van der Waals surface area (Å²) < 4.78 is 6.84. The molecule has 0 aliphatic rings. The summed E-state index contributed by atoms with van der Waals surface area (Å²) in [5.41, 5.74) is 2.31. The molecule has 0 saturated heterocycles. The van der Waals surface area contributed by atoms with Crippen molar-refractivity contribution in [2.24, 2.45) is 0 Å². The molecule has 1 aromatic carbocycles. The average Bonchev–Trinajstić information content (AvgIpc) is 3.37. The number of nitrogens with one attached hydrogen (secondary N) is 2. The number of rotatable bonds is 5. The molecule has 0 atom stereocenters. The summed E-state index contributed by atoms with van der Waals surface area (Å²) in [7, 11) is 0. The Bertz CT molecular complexity index is 1250. The van der Waals surface area contributed by atoms with E-state index in [-0.39, 0.29) is 23.3 Å². The van der Waals surface area contributed by atoms with Gasteiger partial charge in [0.15, 0.2) is 5.76 Å². The molecule has 1 amide bonds. The molecule has 0 spiro atoms. The molecular formula is C22H21N5O3. The number of benzene rings is 1. The summed E-state index contributed by atoms with van der Waals surface area (Å²) in [6.07, 6.45) is 1.54. The minimum absolute atomic E-state index is 0.0523. The van der Waals surface area contributed by atoms with Gasteiger partial charge in [-0.05, 0) is 37.1 Å². The van der Waals surface area contributed by atoms with Crippen LogP contribution in [0.15, 0.2) is 64.0 Å². The van der Waals surface area contributed by atoms with Crippen LogP contribution in [0.1, 0.15) is 41.4 Å². The molecule has 30 heavy (non-hydrogen) atoms. The lowest BCUT2D eigenvalue weighted by Gasteiger charge is -2.10. The Morgan fingerprint density at radius 2 is 2.00 bits per heavy atom. The summed E-state index contributed by atoms with van der Waals surface area (Å²) in [6.45, 7) is 5.81. The number of H-pyrrole nitrogens is 1. The van der Waals surface area contributed by atoms with Crippen LogP contribution in [0.4, 0.5) is 5.82 Å². The first-order chi connectivity index (χ1) is 14.4. The Kier molecular flexibility index (Phi) is 5.05. The van der Waals surface area contributed by atoms with Gasteiger partial charge >= 0.3 is 0 Å². The van der Waals surface area contributed by atoms with Crippen LogP contribution in [0.3, 0.4) is 0 Å². The van der Waals surface area contributed by atoms with E-state index in [0.717, 1.165) is 5.56 Å². The molecule has 0 aliphatic heterocycles. The van der Waals surface area contributed by atoms with E-state index in [0.29, 0.717) is 28.5 Å². The smallest absolute Gasteiger partial charge is 0.256 e. The van der Waals surface area contributed by atoms with Crippen LogP contribution < -0.4 is 10.9 Å². The van der Waals surface area contributed by atoms with Gasteiger partial charge in [0, 0.05) is 17.7 Å². The summed E-state index contributed by atoms with van der Waals surface area (Å²) in [4.78, 5) is 32.2. The summed E-state index contributed by atoms with van der Waals surface area (Å²) in [6, 6.07) is 13.9. The zero-order valence-electron chi connectivity index (χ0n) is 16.8. The number of hydrogen-bond donors (Lipinski definition) is 2. The number of carbonyl (C=O) groups excluding carboxylic acids is 1. The third-order valence-corrected chi connectivity index (χ3v) is 4.55. The van der Waals surface area contributed by atoms with Gasteiger partial charge in [-0.15, -0.1) is 0 Å². The topological polar surface area (TPSA) is 106 Å². The minimum Gasteiger partial charge on any atom is -0.463 e. The number of aromatic amines is 1. The first-order valence-corrected chi connectivity index (χ1v) is 9.54. The van der Waals surface area contributed by atoms with Crippen LogP contribution in [-0.2, 0) is 0 Å². The van der Waals surface area contributed by atoms with E-state index in [1.54, 1.807) is 36.6 Å². The largest absolute Gasteiger partial charge is 0.463 e. The zero-order chi connectivity index (χ0) is 21.3. The van der Waals surface area contributed by atoms with Crippen molar-refractivity contribution < 1.29 is 9.21 Å². The van der Waals surface area contributed by atoms with Crippen LogP contribution in [0.5, 0.6) is 0 Å². The molecule has 2 N–H and O–H groups in total. The van der Waals surface area contributed by atoms with Crippen molar-refractivity contribution in [3.63, 3.8) is 0 Å². The maximum Gasteiger partial charge on any atom is 0.256 e. The van der Waals surface area contributed by atoms with Crippen molar-refractivity contribution in [2.75, 3.05) is 5.32 Å². The van der Waals surface area contributed by atoms with Crippen LogP contribution >= 0.6 is 0 Å². The Balaban J connectivity index is 1.80. The van der Waals surface area contributed by atoms with E-state index in [2.05, 4.69) is 20.4 Å². The molecule has 152 valence electrons. The summed E-state index contributed by atoms with van der Waals surface area (Å²) in [5.74, 6) is 0.854. The predicted molar refractivity (Wildman–Crippen MR) is 113 cm³/mol. The van der Waals surface area contributed by atoms with Gasteiger partial charge in [0.05, 0.1) is 12.0 Å². The molecule has 0 fully saturated rings. The Morgan fingerprint density at radius 1 is 1.17 bits per heavy atom. The molecule has 8 nitrogen and oxygen atoms in total. The molecule has 0 aliphatic carbocycles. The number of hydrogen-bond acceptors (Lipinski definition) is 5. The molecule has 8 heteroatoms. The van der Waals surface area contributed by atoms with Crippen LogP contribution in [0, 0.1) is 6.92 Å². The summed E-state index contributed by atoms with van der Waals surface area (Å²) in [5, 5.41) is 7.37. The third-order valence-electron chi connectivity index (χ3n) is 4.55. The lowest BCUT2D eigenvalue weighted by Crippen LogP contribution is -2.19. The van der Waals surface area contributed by atoms with E-state index >= 15 is 0 Å². The molecule has 0 unspecified atom stereocenters. The van der Waals surface area contributed by atoms with E-state index < -0.39 is 0 Å². The van der Waals surface area contributed by atoms with Gasteiger partial charge < -0.3 is 9.73 Å². The molecule has 0 bridgehead atoms. The van der Waals surface area contributed by atoms with Crippen molar-refractivity contribution in [1.29, 1.82) is 0 Å². The van der Waals surface area contributed by atoms with Gasteiger partial charge in [-0.3, -0.25) is 14.6 Å². The monoisotopic (exact) mass is 403 g/mol. The van der Waals surface area contributed by atoms with Crippen LogP contribution in [-0.4, -0.2) is 25.7 Å². The van der Waals surface area contributed by atoms with E-state index in [1.165, 1.54) is 10.7 Å². The quantitative estimate of drug-likeness (QED) is 0.526. The standard InChI is InChI=1S/C22H21N5O3/c1-13(2)16-12-20(28)25-22(23-16)27-19(11-17(26-27)18-8-5-9-30-18)24-21(29)15-7-4-6-14(3)10-15/h4-13H,1-3H3,(H,24,29)(H,23,25,28). The molecular weight excluding hydrogens is 382 g/mol. The van der Waals surface area contributed by atoms with Gasteiger partial charge in [-0.2, -0.15) is 9.78 Å². The van der Waals surface area contributed by atoms with Gasteiger partial charge in [0.1, 0.15) is 11.5 Å². The number of carbonyl (C=O) groups is 1. The number of aromatic nitrogens is 4. The highest BCUT2D eigenvalue weighted by Gasteiger charge is 2.18. The van der Waals surface area contributed by atoms with Gasteiger partial charge in [-0.25, -0.2) is 4.98 Å². The summed E-state index contributed by atoms with van der Waals surface area (Å²) >= 11 is 0. The highest BCUT2D eigenvalue weighted by molar-refractivity contribution is 6.04. The molecule has 0 saturated carbocycles. The molecule has 4 aromatic rings. The molecule has 4 rings (SSSR count). The highest BCUT2D eigenvalue weighted by Crippen LogP contribution is 2.25. The fourth-order valence-corrected chi connectivity index (χ4v) is 3.01. The van der Waals surface area contributed by atoms with Crippen molar-refractivity contribution in [3.8, 4) is 17.4 Å². The highest BCUT2D eigenvalue weighted by atomic mass is 16.3. The number of aryl methyl sites for hydroxylation is 1. The van der Waals surface area contributed by atoms with Crippen molar-refractivity contribution in [2.45, 2.75) is 26.7 Å². The fourth-order valence-electron chi connectivity index (χ4n) is 3.01. The maximum absolute atomic E-state index is 12.8. The molecule has 3 aromatic heterocycles. The maximum atomic E-state index is 12.8. The second-order valence-corrected chi connectivity index (χ2v) is 7.28. The lowest BCUT2D eigenvalue weighted by molar-refractivity contribution is 0.102. The zero-order valence-corrected chi connectivity index (χ0v) is 16.8. The van der Waals surface area contributed by atoms with Crippen LogP contribution in [0.25, 0.3) is 17.4 Å². The minimum atomic E-state index is -0.298. The molecule has 3 heterocycles. The van der Waals surface area contributed by atoms with Crippen molar-refractivity contribution >= 4 is 11.7 Å². The normalized spacial score (nSPS) is 11.1. The second-order valence-electron chi connectivity index (χ2n) is 7.28. The molecule has 0 radical (unpaired) electrons. The van der Waals surface area contributed by atoms with E-state index in [1.807, 2.05) is 32.9 Å². The number of nitrogens with zero attached hydrogens (tertiary/aromatic N) is 3. The predicted octanol–water partition coefficient (Wildman–Crippen LogP) is 3.90. The SMILES string of the molecule is Cc1cccc(C(=O)Nc2cc(-c3ccco3)nn2-c2nc(C(C)C)cc(=O)[nH]2)c1. The van der Waals surface area contributed by atoms with Crippen molar-refractivity contribution in [3.05, 3.63) is 82.0 Å². The Labute approximate surface area is 172 Å². The third kappa shape index (κ3) is 3.93. The second kappa shape index (κ2) is 7.82. The number of furan rings is 1. The van der Waals surface area contributed by atoms with Crippen molar-refractivity contribution in [1.82, 2.24) is 19.7 Å². The van der Waals surface area contributed by atoms with E-state index in [9.17, 15) is 9.59 Å². The van der Waals surface area contributed by atoms with Gasteiger partial charge in [-0.1, -0.05) is 31.5 Å². The van der Waals surface area contributed by atoms with E-state index in [4.69, 9.17) is 4.42 Å². The lowest BCUT2D eigenvalue weighted by atomic mass is 10.1. The Morgan fingerprint density at radius 3 is 2.70 bits per heavy atom. The average molecular weight is 403 g/mol. The van der Waals surface area contributed by atoms with Crippen LogP contribution in [0.2, 0.25) is 0 Å². The first-order valence-electron chi connectivity index (χ1n) is 9.54. The van der Waals surface area contributed by atoms with Gasteiger partial charge in [0.25, 0.3) is 11.5 Å². The number of anilines is 1.